The van der Waals surface area contributed by atoms with Crippen LogP contribution in [-0.4, -0.2) is 30.5 Å². The molecule has 0 aliphatic rings. The van der Waals surface area contributed by atoms with Crippen LogP contribution in [0, 0.1) is 6.92 Å². The van der Waals surface area contributed by atoms with Crippen molar-refractivity contribution in [1.29, 1.82) is 0 Å². The van der Waals surface area contributed by atoms with Gasteiger partial charge in [0.05, 0.1) is 13.2 Å². The van der Waals surface area contributed by atoms with Crippen molar-refractivity contribution < 1.29 is 40.6 Å². The fraction of sp³-hybridized carbons (Fsp3) is 0.389. The van der Waals surface area contributed by atoms with Crippen LogP contribution in [-0.2, 0) is 20.9 Å². The van der Waals surface area contributed by atoms with Gasteiger partial charge in [-0.3, -0.25) is 0 Å². The smallest absolute Gasteiger partial charge is 0.437 e. The van der Waals surface area contributed by atoms with Crippen molar-refractivity contribution in [2.75, 3.05) is 6.61 Å². The van der Waals surface area contributed by atoms with Crippen molar-refractivity contribution >= 4 is 16.7 Å². The molecule has 0 bridgehead atoms. The summed E-state index contributed by atoms with van der Waals surface area (Å²) < 4.78 is 88.9. The van der Waals surface area contributed by atoms with E-state index in [0.29, 0.717) is 16.3 Å². The fourth-order valence-electron chi connectivity index (χ4n) is 2.66. The predicted molar refractivity (Wildman–Crippen MR) is 84.9 cm³/mol. The van der Waals surface area contributed by atoms with E-state index in [9.17, 15) is 31.1 Å². The third kappa shape index (κ3) is 3.73. The van der Waals surface area contributed by atoms with E-state index >= 15 is 0 Å². The molecule has 2 rings (SSSR count). The van der Waals surface area contributed by atoms with Crippen LogP contribution in [0.4, 0.5) is 26.3 Å². The van der Waals surface area contributed by atoms with Gasteiger partial charge < -0.3 is 9.47 Å². The maximum atomic E-state index is 13.4. The topological polar surface area (TPSA) is 35.5 Å². The molecule has 0 aliphatic carbocycles. The number of carbonyl (C=O) groups is 1. The van der Waals surface area contributed by atoms with E-state index in [2.05, 4.69) is 9.47 Å². The number of esters is 1. The van der Waals surface area contributed by atoms with Crippen molar-refractivity contribution in [1.82, 2.24) is 0 Å². The van der Waals surface area contributed by atoms with Crippen molar-refractivity contribution in [2.45, 2.75) is 38.4 Å². The number of benzene rings is 2. The molecule has 0 spiro atoms. The van der Waals surface area contributed by atoms with Gasteiger partial charge in [0.2, 0.25) is 0 Å². The molecule has 2 aromatic carbocycles. The number of ether oxygens (including phenoxy) is 2. The standard InChI is InChI=1S/C18H16F6O3/c1-3-26-15(25)16(17(19,20)21,18(22,23)24)27-10-14-11(2)8-9-12-6-4-5-7-13(12)14/h4-9H,3,10H2,1-2H3. The van der Waals surface area contributed by atoms with Gasteiger partial charge in [0, 0.05) is 0 Å². The second-order valence-corrected chi connectivity index (χ2v) is 5.77. The zero-order valence-corrected chi connectivity index (χ0v) is 14.4. The molecule has 0 aliphatic heterocycles. The van der Waals surface area contributed by atoms with Gasteiger partial charge in [-0.25, -0.2) is 4.79 Å². The van der Waals surface area contributed by atoms with E-state index in [4.69, 9.17) is 0 Å². The van der Waals surface area contributed by atoms with Gasteiger partial charge in [-0.2, -0.15) is 26.3 Å². The van der Waals surface area contributed by atoms with Gasteiger partial charge in [-0.15, -0.1) is 0 Å². The largest absolute Gasteiger partial charge is 0.463 e. The van der Waals surface area contributed by atoms with E-state index in [-0.39, 0.29) is 5.56 Å². The number of fused-ring (bicyclic) bond motifs is 1. The maximum Gasteiger partial charge on any atom is 0.437 e. The highest BCUT2D eigenvalue weighted by Crippen LogP contribution is 2.47. The van der Waals surface area contributed by atoms with E-state index < -0.39 is 37.1 Å². The summed E-state index contributed by atoms with van der Waals surface area (Å²) in [5.41, 5.74) is -4.52. The predicted octanol–water partition coefficient (Wildman–Crippen LogP) is 5.09. The lowest BCUT2D eigenvalue weighted by Crippen LogP contribution is -2.64. The average molecular weight is 394 g/mol. The SMILES string of the molecule is CCOC(=O)C(OCc1c(C)ccc2ccccc12)(C(F)(F)F)C(F)(F)F. The third-order valence-corrected chi connectivity index (χ3v) is 4.07. The summed E-state index contributed by atoms with van der Waals surface area (Å²) in [7, 11) is 0. The van der Waals surface area contributed by atoms with Crippen molar-refractivity contribution in [2.24, 2.45) is 0 Å². The number of aryl methyl sites for hydroxylation is 1. The van der Waals surface area contributed by atoms with Crippen LogP contribution in [0.25, 0.3) is 10.8 Å². The third-order valence-electron chi connectivity index (χ3n) is 4.07. The van der Waals surface area contributed by atoms with Gasteiger partial charge in [0.25, 0.3) is 0 Å². The first-order valence-electron chi connectivity index (χ1n) is 7.87. The molecule has 27 heavy (non-hydrogen) atoms. The van der Waals surface area contributed by atoms with Crippen LogP contribution in [0.1, 0.15) is 18.1 Å². The Labute approximate surface area is 150 Å². The number of halogens is 6. The number of hydrogen-bond donors (Lipinski definition) is 0. The molecule has 0 aromatic heterocycles. The highest BCUT2D eigenvalue weighted by Gasteiger charge is 2.78. The molecule has 0 saturated heterocycles. The molecule has 3 nitrogen and oxygen atoms in total. The Morgan fingerprint density at radius 2 is 1.56 bits per heavy atom. The van der Waals surface area contributed by atoms with Crippen LogP contribution in [0.5, 0.6) is 0 Å². The van der Waals surface area contributed by atoms with Crippen molar-refractivity contribution in [3.63, 3.8) is 0 Å². The van der Waals surface area contributed by atoms with E-state index in [1.807, 2.05) is 0 Å². The van der Waals surface area contributed by atoms with Crippen LogP contribution in [0.3, 0.4) is 0 Å². The molecule has 0 unspecified atom stereocenters. The summed E-state index contributed by atoms with van der Waals surface area (Å²) in [6.07, 6.45) is -12.1. The zero-order chi connectivity index (χ0) is 20.5. The van der Waals surface area contributed by atoms with Crippen LogP contribution in [0.2, 0.25) is 0 Å². The summed E-state index contributed by atoms with van der Waals surface area (Å²) in [5, 5.41) is 1.04. The van der Waals surface area contributed by atoms with E-state index in [1.165, 1.54) is 6.92 Å². The Kier molecular flexibility index (Phi) is 5.74. The molecule has 2 aromatic rings. The monoisotopic (exact) mass is 394 g/mol. The fourth-order valence-corrected chi connectivity index (χ4v) is 2.66. The maximum absolute atomic E-state index is 13.4. The van der Waals surface area contributed by atoms with Crippen LogP contribution in [0.15, 0.2) is 36.4 Å². The highest BCUT2D eigenvalue weighted by molar-refractivity contribution is 5.87. The zero-order valence-electron chi connectivity index (χ0n) is 14.4. The first-order valence-corrected chi connectivity index (χ1v) is 7.87. The lowest BCUT2D eigenvalue weighted by molar-refractivity contribution is -0.371. The molecule has 0 fully saturated rings. The molecule has 0 radical (unpaired) electrons. The molecule has 0 amide bonds. The lowest BCUT2D eigenvalue weighted by Gasteiger charge is -2.34. The molecule has 0 N–H and O–H groups in total. The van der Waals surface area contributed by atoms with Crippen LogP contribution >= 0.6 is 0 Å². The minimum absolute atomic E-state index is 0.121. The highest BCUT2D eigenvalue weighted by atomic mass is 19.4. The summed E-state index contributed by atoms with van der Waals surface area (Å²) >= 11 is 0. The lowest BCUT2D eigenvalue weighted by atomic mass is 9.99. The second kappa shape index (κ2) is 7.38. The number of carbonyl (C=O) groups excluding carboxylic acids is 1. The molecule has 0 atom stereocenters. The van der Waals surface area contributed by atoms with Gasteiger partial charge >= 0.3 is 23.9 Å². The Morgan fingerprint density at radius 3 is 2.11 bits per heavy atom. The molecular weight excluding hydrogens is 378 g/mol. The van der Waals surface area contributed by atoms with Gasteiger partial charge in [0.15, 0.2) is 0 Å². The summed E-state index contributed by atoms with van der Waals surface area (Å²) in [4.78, 5) is 11.7. The normalized spacial score (nSPS) is 13.0. The molecule has 0 saturated carbocycles. The first kappa shape index (κ1) is 21.0. The van der Waals surface area contributed by atoms with Gasteiger partial charge in [-0.1, -0.05) is 36.4 Å². The Morgan fingerprint density at radius 1 is 0.963 bits per heavy atom. The summed E-state index contributed by atoms with van der Waals surface area (Å²) in [6, 6.07) is 9.71. The molecular formula is C18H16F6O3. The number of alkyl halides is 6. The first-order chi connectivity index (χ1) is 12.5. The minimum Gasteiger partial charge on any atom is -0.463 e. The quantitative estimate of drug-likeness (QED) is 0.523. The Hall–Kier alpha value is -2.29. The second-order valence-electron chi connectivity index (χ2n) is 5.77. The minimum atomic E-state index is -6.06. The van der Waals surface area contributed by atoms with Crippen molar-refractivity contribution in [3.8, 4) is 0 Å². The van der Waals surface area contributed by atoms with E-state index in [0.717, 1.165) is 6.92 Å². The van der Waals surface area contributed by atoms with Gasteiger partial charge in [0.1, 0.15) is 0 Å². The number of hydrogen-bond acceptors (Lipinski definition) is 3. The molecule has 0 heterocycles. The Balaban J connectivity index is 2.55. The average Bonchev–Trinajstić information content (AvgIpc) is 2.54. The molecule has 9 heteroatoms. The molecule has 148 valence electrons. The number of rotatable bonds is 5. The van der Waals surface area contributed by atoms with Gasteiger partial charge in [-0.05, 0) is 35.7 Å². The summed E-state index contributed by atoms with van der Waals surface area (Å²) in [6.45, 7) is 0.886. The van der Waals surface area contributed by atoms with Crippen molar-refractivity contribution in [3.05, 3.63) is 47.5 Å². The van der Waals surface area contributed by atoms with E-state index in [1.54, 1.807) is 36.4 Å². The van der Waals surface area contributed by atoms with Crippen LogP contribution < -0.4 is 0 Å². The summed E-state index contributed by atoms with van der Waals surface area (Å²) in [5.74, 6) is -2.54. The Bertz CT molecular complexity index is 812.